The Morgan fingerprint density at radius 3 is 2.61 bits per heavy atom. The summed E-state index contributed by atoms with van der Waals surface area (Å²) >= 11 is 0. The minimum absolute atomic E-state index is 0. The van der Waals surface area contributed by atoms with Crippen LogP contribution in [0, 0.1) is 0 Å². The first-order valence-corrected chi connectivity index (χ1v) is 8.81. The number of nitrogens with one attached hydrogen (secondary N) is 1. The van der Waals surface area contributed by atoms with Crippen LogP contribution in [0.4, 0.5) is 19.4 Å². The van der Waals surface area contributed by atoms with Crippen LogP contribution in [0.15, 0.2) is 12.4 Å². The molecule has 9 nitrogen and oxygen atoms in total. The number of carbonyl (C=O) groups is 2. The zero-order valence-electron chi connectivity index (χ0n) is 15.1. The molecule has 0 aliphatic carbocycles. The summed E-state index contributed by atoms with van der Waals surface area (Å²) in [5.74, 6) is -0.313. The summed E-state index contributed by atoms with van der Waals surface area (Å²) in [6, 6.07) is -0.460. The average molecular weight is 416 g/mol. The first-order valence-electron chi connectivity index (χ1n) is 8.81. The molecule has 0 radical (unpaired) electrons. The molecule has 0 aromatic carbocycles. The Balaban J connectivity index is 0.00000225. The average Bonchev–Trinajstić information content (AvgIpc) is 3.12. The van der Waals surface area contributed by atoms with Crippen molar-refractivity contribution in [2.45, 2.75) is 38.3 Å². The van der Waals surface area contributed by atoms with E-state index in [1.165, 1.54) is 12.4 Å². The predicted octanol–water partition coefficient (Wildman–Crippen LogP) is 1.42. The molecule has 0 saturated carbocycles. The van der Waals surface area contributed by atoms with Crippen LogP contribution in [0.25, 0.3) is 11.2 Å². The maximum absolute atomic E-state index is 13.2. The van der Waals surface area contributed by atoms with Crippen LogP contribution in [0.1, 0.15) is 19.8 Å². The lowest BCUT2D eigenvalue weighted by atomic mass is 9.87. The molecule has 1 N–H and O–H groups in total. The van der Waals surface area contributed by atoms with Gasteiger partial charge in [0.2, 0.25) is 0 Å². The monoisotopic (exact) mass is 415 g/mol. The molecule has 2 aromatic heterocycles. The minimum atomic E-state index is -2.61. The van der Waals surface area contributed by atoms with E-state index in [2.05, 4.69) is 20.4 Å². The lowest BCUT2D eigenvalue weighted by molar-refractivity contribution is -0.126. The number of anilines is 1. The third-order valence-electron chi connectivity index (χ3n) is 5.16. The Bertz CT molecular complexity index is 900. The van der Waals surface area contributed by atoms with Crippen molar-refractivity contribution in [2.75, 3.05) is 24.5 Å². The quantitative estimate of drug-likeness (QED) is 0.759. The Morgan fingerprint density at radius 2 is 1.96 bits per heavy atom. The molecule has 4 rings (SSSR count). The number of aromatic nitrogens is 4. The van der Waals surface area contributed by atoms with Crippen molar-refractivity contribution in [3.8, 4) is 0 Å². The van der Waals surface area contributed by atoms with Crippen molar-refractivity contribution < 1.29 is 18.4 Å². The summed E-state index contributed by atoms with van der Waals surface area (Å²) < 4.78 is 26.5. The van der Waals surface area contributed by atoms with E-state index in [0.29, 0.717) is 38.0 Å². The van der Waals surface area contributed by atoms with Gasteiger partial charge in [-0.2, -0.15) is 5.10 Å². The molecule has 4 heterocycles. The summed E-state index contributed by atoms with van der Waals surface area (Å²) in [5, 5.41) is 7.06. The molecule has 1 spiro atoms. The molecular formula is C16H20ClF2N7O2. The normalized spacial score (nSPS) is 19.1. The van der Waals surface area contributed by atoms with Crippen LogP contribution in [-0.4, -0.2) is 68.2 Å². The standard InChI is InChI=1S/C16H19F2N7O2.ClH/c1-2-23-15(27)25(14(26)16(23)3-5-19-6-4-16)12-8-20-10-7-21-24(9-11(17)18)13(10)22-12;/h7-8,11,19H,2-6,9H2,1H3;1H. The molecule has 0 bridgehead atoms. The molecule has 152 valence electrons. The fourth-order valence-electron chi connectivity index (χ4n) is 3.89. The van der Waals surface area contributed by atoms with Gasteiger partial charge in [-0.3, -0.25) is 4.79 Å². The third kappa shape index (κ3) is 2.98. The zero-order valence-corrected chi connectivity index (χ0v) is 16.0. The summed E-state index contributed by atoms with van der Waals surface area (Å²) in [6.07, 6.45) is 1.05. The first kappa shape index (κ1) is 20.3. The molecule has 2 aliphatic heterocycles. The summed E-state index contributed by atoms with van der Waals surface area (Å²) in [6.45, 7) is 2.84. The number of hydrogen-bond donors (Lipinski definition) is 1. The van der Waals surface area contributed by atoms with Gasteiger partial charge in [0.05, 0.1) is 12.4 Å². The van der Waals surface area contributed by atoms with Gasteiger partial charge in [0.1, 0.15) is 17.6 Å². The van der Waals surface area contributed by atoms with E-state index in [4.69, 9.17) is 0 Å². The first-order chi connectivity index (χ1) is 13.0. The van der Waals surface area contributed by atoms with Crippen molar-refractivity contribution in [3.63, 3.8) is 0 Å². The smallest absolute Gasteiger partial charge is 0.317 e. The van der Waals surface area contributed by atoms with Gasteiger partial charge in [-0.25, -0.2) is 33.1 Å². The summed E-state index contributed by atoms with van der Waals surface area (Å²) in [7, 11) is 0. The number of halogens is 3. The van der Waals surface area contributed by atoms with Crippen LogP contribution < -0.4 is 10.2 Å². The van der Waals surface area contributed by atoms with Crippen molar-refractivity contribution in [2.24, 2.45) is 0 Å². The van der Waals surface area contributed by atoms with Crippen molar-refractivity contribution in [1.82, 2.24) is 30.0 Å². The van der Waals surface area contributed by atoms with Crippen molar-refractivity contribution in [1.29, 1.82) is 0 Å². The Hall–Kier alpha value is -2.40. The molecule has 3 amide bonds. The molecule has 28 heavy (non-hydrogen) atoms. The second-order valence-corrected chi connectivity index (χ2v) is 6.60. The van der Waals surface area contributed by atoms with Gasteiger partial charge in [-0.05, 0) is 32.9 Å². The molecule has 2 aliphatic rings. The van der Waals surface area contributed by atoms with Gasteiger partial charge in [-0.15, -0.1) is 12.4 Å². The number of imide groups is 1. The number of hydrogen-bond acceptors (Lipinski definition) is 6. The van der Waals surface area contributed by atoms with Crippen LogP contribution in [0.2, 0.25) is 0 Å². The predicted molar refractivity (Wildman–Crippen MR) is 98.7 cm³/mol. The highest BCUT2D eigenvalue weighted by molar-refractivity contribution is 6.23. The van der Waals surface area contributed by atoms with Gasteiger partial charge < -0.3 is 10.2 Å². The van der Waals surface area contributed by atoms with Crippen LogP contribution in [-0.2, 0) is 11.3 Å². The number of nitrogens with zero attached hydrogens (tertiary/aromatic N) is 6. The number of fused-ring (bicyclic) bond motifs is 1. The fraction of sp³-hybridized carbons (Fsp3) is 0.562. The number of amides is 3. The molecule has 12 heteroatoms. The lowest BCUT2D eigenvalue weighted by Crippen LogP contribution is -2.55. The van der Waals surface area contributed by atoms with Crippen molar-refractivity contribution >= 4 is 41.3 Å². The fourth-order valence-corrected chi connectivity index (χ4v) is 3.89. The Morgan fingerprint density at radius 1 is 1.25 bits per heavy atom. The SMILES string of the molecule is CCN1C(=O)N(c2cnc3cnn(CC(F)F)c3n2)C(=O)C12CCNCC2.Cl. The number of piperidine rings is 1. The molecular weight excluding hydrogens is 396 g/mol. The van der Waals surface area contributed by atoms with E-state index in [9.17, 15) is 18.4 Å². The van der Waals surface area contributed by atoms with Gasteiger partial charge in [0.15, 0.2) is 11.5 Å². The Labute approximate surface area is 165 Å². The zero-order chi connectivity index (χ0) is 19.2. The van der Waals surface area contributed by atoms with Gasteiger partial charge >= 0.3 is 6.03 Å². The second-order valence-electron chi connectivity index (χ2n) is 6.60. The van der Waals surface area contributed by atoms with E-state index in [-0.39, 0.29) is 29.8 Å². The van der Waals surface area contributed by atoms with E-state index < -0.39 is 24.5 Å². The maximum atomic E-state index is 13.2. The van der Waals surface area contributed by atoms with Crippen LogP contribution in [0.3, 0.4) is 0 Å². The van der Waals surface area contributed by atoms with E-state index in [1.54, 1.807) is 4.90 Å². The largest absolute Gasteiger partial charge is 0.333 e. The van der Waals surface area contributed by atoms with Gasteiger partial charge in [0, 0.05) is 6.54 Å². The highest BCUT2D eigenvalue weighted by atomic mass is 35.5. The molecule has 2 fully saturated rings. The van der Waals surface area contributed by atoms with Crippen molar-refractivity contribution in [3.05, 3.63) is 12.4 Å². The Kier molecular flexibility index (Phi) is 5.48. The summed E-state index contributed by atoms with van der Waals surface area (Å²) in [5.41, 5.74) is -0.457. The molecule has 2 saturated heterocycles. The van der Waals surface area contributed by atoms with Gasteiger partial charge in [-0.1, -0.05) is 0 Å². The van der Waals surface area contributed by atoms with E-state index >= 15 is 0 Å². The third-order valence-corrected chi connectivity index (χ3v) is 5.16. The number of urea groups is 1. The number of alkyl halides is 2. The van der Waals surface area contributed by atoms with Crippen LogP contribution in [0.5, 0.6) is 0 Å². The minimum Gasteiger partial charge on any atom is -0.317 e. The van der Waals surface area contributed by atoms with Gasteiger partial charge in [0.25, 0.3) is 12.3 Å². The molecule has 0 atom stereocenters. The number of likely N-dealkylation sites (N-methyl/N-ethyl adjacent to an activating group) is 1. The number of rotatable bonds is 4. The molecule has 0 unspecified atom stereocenters. The lowest BCUT2D eigenvalue weighted by Gasteiger charge is -2.37. The summed E-state index contributed by atoms with van der Waals surface area (Å²) in [4.78, 5) is 37.2. The highest BCUT2D eigenvalue weighted by Gasteiger charge is 2.57. The van der Waals surface area contributed by atoms with E-state index in [1.807, 2.05) is 6.92 Å². The van der Waals surface area contributed by atoms with E-state index in [0.717, 1.165) is 9.58 Å². The maximum Gasteiger partial charge on any atom is 0.333 e. The molecule has 2 aromatic rings. The second kappa shape index (κ2) is 7.55. The number of carbonyl (C=O) groups excluding carboxylic acids is 2. The topological polar surface area (TPSA) is 96.2 Å². The highest BCUT2D eigenvalue weighted by Crippen LogP contribution is 2.37. The van der Waals surface area contributed by atoms with Crippen LogP contribution >= 0.6 is 12.4 Å².